The van der Waals surface area contributed by atoms with Crippen LogP contribution in [0, 0.1) is 11.6 Å². The molecule has 2 rings (SSSR count). The SMILES string of the molecule is CNCCCC(=O)NC(Cc1cccc(F)c1)c1cccc(F)c1. The van der Waals surface area contributed by atoms with Crippen LogP contribution < -0.4 is 10.6 Å². The van der Waals surface area contributed by atoms with E-state index in [9.17, 15) is 13.6 Å². The van der Waals surface area contributed by atoms with Crippen LogP contribution in [-0.4, -0.2) is 19.5 Å². The zero-order chi connectivity index (χ0) is 17.4. The van der Waals surface area contributed by atoms with Gasteiger partial charge in [-0.3, -0.25) is 4.79 Å². The third-order valence-corrected chi connectivity index (χ3v) is 3.75. The number of amides is 1. The summed E-state index contributed by atoms with van der Waals surface area (Å²) in [5.74, 6) is -0.789. The molecule has 0 fully saturated rings. The molecular weight excluding hydrogens is 310 g/mol. The molecule has 0 saturated heterocycles. The van der Waals surface area contributed by atoms with Crippen molar-refractivity contribution in [2.24, 2.45) is 0 Å². The van der Waals surface area contributed by atoms with Crippen LogP contribution in [0.2, 0.25) is 0 Å². The largest absolute Gasteiger partial charge is 0.349 e. The van der Waals surface area contributed by atoms with Crippen LogP contribution in [0.4, 0.5) is 8.78 Å². The molecule has 0 aliphatic carbocycles. The number of carbonyl (C=O) groups excluding carboxylic acids is 1. The zero-order valence-electron chi connectivity index (χ0n) is 13.7. The van der Waals surface area contributed by atoms with Crippen LogP contribution in [0.5, 0.6) is 0 Å². The van der Waals surface area contributed by atoms with Crippen molar-refractivity contribution in [2.75, 3.05) is 13.6 Å². The van der Waals surface area contributed by atoms with Gasteiger partial charge >= 0.3 is 0 Å². The van der Waals surface area contributed by atoms with Crippen molar-refractivity contribution in [2.45, 2.75) is 25.3 Å². The summed E-state index contributed by atoms with van der Waals surface area (Å²) in [4.78, 5) is 12.1. The highest BCUT2D eigenvalue weighted by molar-refractivity contribution is 5.76. The third kappa shape index (κ3) is 5.74. The summed E-state index contributed by atoms with van der Waals surface area (Å²) in [5, 5.41) is 5.92. The summed E-state index contributed by atoms with van der Waals surface area (Å²) >= 11 is 0. The number of carbonyl (C=O) groups is 1. The molecule has 1 unspecified atom stereocenters. The van der Waals surface area contributed by atoms with Gasteiger partial charge in [-0.15, -0.1) is 0 Å². The predicted molar refractivity (Wildman–Crippen MR) is 90.5 cm³/mol. The van der Waals surface area contributed by atoms with Crippen molar-refractivity contribution in [3.63, 3.8) is 0 Å². The van der Waals surface area contributed by atoms with E-state index in [0.29, 0.717) is 18.4 Å². The first-order valence-electron chi connectivity index (χ1n) is 8.02. The lowest BCUT2D eigenvalue weighted by molar-refractivity contribution is -0.121. The Hall–Kier alpha value is -2.27. The quantitative estimate of drug-likeness (QED) is 0.728. The molecule has 128 valence electrons. The standard InChI is InChI=1S/C19H22F2N2O/c1-22-10-4-9-19(24)23-18(15-6-3-8-17(21)13-15)12-14-5-2-7-16(20)11-14/h2-3,5-8,11,13,18,22H,4,9-10,12H2,1H3,(H,23,24). The molecule has 0 aromatic heterocycles. The summed E-state index contributed by atoms with van der Waals surface area (Å²) < 4.78 is 26.9. The Morgan fingerprint density at radius 1 is 1.08 bits per heavy atom. The third-order valence-electron chi connectivity index (χ3n) is 3.75. The Labute approximate surface area is 141 Å². The maximum Gasteiger partial charge on any atom is 0.220 e. The first-order chi connectivity index (χ1) is 11.6. The van der Waals surface area contributed by atoms with E-state index in [1.165, 1.54) is 24.3 Å². The van der Waals surface area contributed by atoms with Gasteiger partial charge < -0.3 is 10.6 Å². The van der Waals surface area contributed by atoms with Gasteiger partial charge in [0.2, 0.25) is 5.91 Å². The average molecular weight is 332 g/mol. The van der Waals surface area contributed by atoms with E-state index in [1.807, 2.05) is 7.05 Å². The highest BCUT2D eigenvalue weighted by Gasteiger charge is 2.16. The number of nitrogens with one attached hydrogen (secondary N) is 2. The van der Waals surface area contributed by atoms with E-state index in [1.54, 1.807) is 24.3 Å². The first kappa shape index (κ1) is 18.1. The van der Waals surface area contributed by atoms with Gasteiger partial charge in [0.15, 0.2) is 0 Å². The van der Waals surface area contributed by atoms with Crippen molar-refractivity contribution >= 4 is 5.91 Å². The van der Waals surface area contributed by atoms with Gasteiger partial charge in [0.05, 0.1) is 6.04 Å². The highest BCUT2D eigenvalue weighted by Crippen LogP contribution is 2.20. The summed E-state index contributed by atoms with van der Waals surface area (Å²) in [7, 11) is 1.83. The maximum absolute atomic E-state index is 13.5. The second-order valence-corrected chi connectivity index (χ2v) is 5.72. The molecule has 0 aliphatic heterocycles. The van der Waals surface area contributed by atoms with Crippen molar-refractivity contribution in [1.29, 1.82) is 0 Å². The summed E-state index contributed by atoms with van der Waals surface area (Å²) in [5.41, 5.74) is 1.42. The van der Waals surface area contributed by atoms with Crippen LogP contribution in [-0.2, 0) is 11.2 Å². The van der Waals surface area contributed by atoms with E-state index in [0.717, 1.165) is 18.5 Å². The van der Waals surface area contributed by atoms with Gasteiger partial charge in [-0.1, -0.05) is 24.3 Å². The first-order valence-corrected chi connectivity index (χ1v) is 8.02. The molecule has 1 atom stereocenters. The molecule has 0 bridgehead atoms. The molecule has 5 heteroatoms. The summed E-state index contributed by atoms with van der Waals surface area (Å²) in [6.07, 6.45) is 1.51. The van der Waals surface area contributed by atoms with Gasteiger partial charge in [0.25, 0.3) is 0 Å². The Kier molecular flexibility index (Phi) is 6.88. The van der Waals surface area contributed by atoms with E-state index in [4.69, 9.17) is 0 Å². The molecular formula is C19H22F2N2O. The molecule has 2 aromatic carbocycles. The number of hydrogen-bond acceptors (Lipinski definition) is 2. The van der Waals surface area contributed by atoms with E-state index in [2.05, 4.69) is 10.6 Å². The Bertz CT molecular complexity index is 676. The number of benzene rings is 2. The van der Waals surface area contributed by atoms with E-state index >= 15 is 0 Å². The monoisotopic (exact) mass is 332 g/mol. The molecule has 2 aromatic rings. The molecule has 0 aliphatic rings. The Morgan fingerprint density at radius 3 is 2.46 bits per heavy atom. The molecule has 1 amide bonds. The number of hydrogen-bond donors (Lipinski definition) is 2. The Morgan fingerprint density at radius 2 is 1.79 bits per heavy atom. The maximum atomic E-state index is 13.5. The van der Waals surface area contributed by atoms with Crippen LogP contribution in [0.15, 0.2) is 48.5 Å². The fourth-order valence-electron chi connectivity index (χ4n) is 2.57. The predicted octanol–water partition coefficient (Wildman–Crippen LogP) is 3.36. The van der Waals surface area contributed by atoms with Gasteiger partial charge in [-0.2, -0.15) is 0 Å². The van der Waals surface area contributed by atoms with E-state index < -0.39 is 6.04 Å². The smallest absolute Gasteiger partial charge is 0.220 e. The van der Waals surface area contributed by atoms with E-state index in [-0.39, 0.29) is 17.5 Å². The number of rotatable bonds is 8. The van der Waals surface area contributed by atoms with Gasteiger partial charge in [-0.05, 0) is 61.8 Å². The van der Waals surface area contributed by atoms with Gasteiger partial charge in [-0.25, -0.2) is 8.78 Å². The lowest BCUT2D eigenvalue weighted by Crippen LogP contribution is -2.30. The fourth-order valence-corrected chi connectivity index (χ4v) is 2.57. The average Bonchev–Trinajstić information content (AvgIpc) is 2.54. The minimum Gasteiger partial charge on any atom is -0.349 e. The highest BCUT2D eigenvalue weighted by atomic mass is 19.1. The minimum absolute atomic E-state index is 0.101. The topological polar surface area (TPSA) is 41.1 Å². The lowest BCUT2D eigenvalue weighted by Gasteiger charge is -2.20. The molecule has 0 radical (unpaired) electrons. The molecule has 3 nitrogen and oxygen atoms in total. The second-order valence-electron chi connectivity index (χ2n) is 5.72. The van der Waals surface area contributed by atoms with Crippen molar-refractivity contribution in [3.8, 4) is 0 Å². The lowest BCUT2D eigenvalue weighted by atomic mass is 9.98. The second kappa shape index (κ2) is 9.13. The van der Waals surface area contributed by atoms with Crippen molar-refractivity contribution in [1.82, 2.24) is 10.6 Å². The molecule has 0 spiro atoms. The van der Waals surface area contributed by atoms with Crippen LogP contribution in [0.3, 0.4) is 0 Å². The van der Waals surface area contributed by atoms with Gasteiger partial charge in [0, 0.05) is 6.42 Å². The Balaban J connectivity index is 2.13. The van der Waals surface area contributed by atoms with Crippen LogP contribution in [0.1, 0.15) is 30.0 Å². The minimum atomic E-state index is -0.399. The normalized spacial score (nSPS) is 12.0. The summed E-state index contributed by atoms with van der Waals surface area (Å²) in [6, 6.07) is 12.0. The fraction of sp³-hybridized carbons (Fsp3) is 0.316. The molecule has 0 heterocycles. The number of halogens is 2. The van der Waals surface area contributed by atoms with Crippen LogP contribution in [0.25, 0.3) is 0 Å². The van der Waals surface area contributed by atoms with Crippen molar-refractivity contribution < 1.29 is 13.6 Å². The molecule has 24 heavy (non-hydrogen) atoms. The van der Waals surface area contributed by atoms with Crippen molar-refractivity contribution in [3.05, 3.63) is 71.3 Å². The van der Waals surface area contributed by atoms with Gasteiger partial charge in [0.1, 0.15) is 11.6 Å². The molecule has 2 N–H and O–H groups in total. The van der Waals surface area contributed by atoms with Crippen LogP contribution >= 0.6 is 0 Å². The summed E-state index contributed by atoms with van der Waals surface area (Å²) in [6.45, 7) is 0.752. The molecule has 0 saturated carbocycles. The zero-order valence-corrected chi connectivity index (χ0v) is 13.7.